The number of amides is 1. The van der Waals surface area contributed by atoms with Crippen molar-refractivity contribution in [2.45, 2.75) is 19.1 Å². The minimum Gasteiger partial charge on any atom is -0.508 e. The van der Waals surface area contributed by atoms with E-state index in [4.69, 9.17) is 0 Å². The molecule has 0 saturated carbocycles. The number of carbonyl (C=O) groups is 1. The summed E-state index contributed by atoms with van der Waals surface area (Å²) in [6.07, 6.45) is 0.512. The maximum Gasteiger partial charge on any atom is 0.229 e. The molecular formula is C26H23N3O4. The topological polar surface area (TPSA) is 116 Å². The maximum absolute atomic E-state index is 12.7. The Morgan fingerprint density at radius 2 is 1.58 bits per heavy atom. The van der Waals surface area contributed by atoms with Gasteiger partial charge in [-0.25, -0.2) is 9.97 Å². The molecule has 33 heavy (non-hydrogen) atoms. The lowest BCUT2D eigenvalue weighted by molar-refractivity contribution is -0.115. The molecule has 4 rings (SSSR count). The Morgan fingerprint density at radius 3 is 2.24 bits per heavy atom. The fraction of sp³-hybridized carbons (Fsp3) is 0.115. The Hall–Kier alpha value is -4.07. The van der Waals surface area contributed by atoms with E-state index in [1.54, 1.807) is 36.4 Å². The maximum atomic E-state index is 12.7. The van der Waals surface area contributed by atoms with E-state index in [1.165, 1.54) is 18.3 Å². The molecule has 1 atom stereocenters. The number of nitrogens with one attached hydrogen (secondary N) is 1. The highest BCUT2D eigenvalue weighted by Crippen LogP contribution is 2.28. The summed E-state index contributed by atoms with van der Waals surface area (Å²) in [5, 5.41) is 32.5. The molecule has 1 unspecified atom stereocenters. The minimum absolute atomic E-state index is 0.0596. The molecule has 0 aliphatic rings. The first-order chi connectivity index (χ1) is 16.0. The second-order valence-electron chi connectivity index (χ2n) is 7.55. The fourth-order valence-corrected chi connectivity index (χ4v) is 3.38. The minimum atomic E-state index is -1.10. The molecule has 1 aromatic heterocycles. The number of nitrogens with zero attached hydrogens (tertiary/aromatic N) is 2. The van der Waals surface area contributed by atoms with E-state index in [-0.39, 0.29) is 36.2 Å². The van der Waals surface area contributed by atoms with Crippen LogP contribution in [0.2, 0.25) is 0 Å². The van der Waals surface area contributed by atoms with Crippen LogP contribution in [0.3, 0.4) is 0 Å². The highest BCUT2D eigenvalue weighted by atomic mass is 16.3. The Balaban J connectivity index is 1.65. The van der Waals surface area contributed by atoms with Gasteiger partial charge in [0.15, 0.2) is 5.82 Å². The van der Waals surface area contributed by atoms with Crippen molar-refractivity contribution in [3.8, 4) is 17.0 Å². The molecule has 1 heterocycles. The Kier molecular flexibility index (Phi) is 6.73. The number of aromatic nitrogens is 2. The van der Waals surface area contributed by atoms with Gasteiger partial charge in [0.2, 0.25) is 5.91 Å². The van der Waals surface area contributed by atoms with E-state index in [0.717, 1.165) is 16.7 Å². The second-order valence-corrected chi connectivity index (χ2v) is 7.55. The molecule has 7 nitrogen and oxygen atoms in total. The summed E-state index contributed by atoms with van der Waals surface area (Å²) in [5.41, 5.74) is 3.64. The quantitative estimate of drug-likeness (QED) is 0.348. The third kappa shape index (κ3) is 5.41. The number of aliphatic hydroxyl groups is 2. The van der Waals surface area contributed by atoms with Gasteiger partial charge in [0.1, 0.15) is 17.5 Å². The van der Waals surface area contributed by atoms with Crippen LogP contribution < -0.4 is 5.32 Å². The highest BCUT2D eigenvalue weighted by Gasteiger charge is 2.20. The van der Waals surface area contributed by atoms with Gasteiger partial charge in [0, 0.05) is 5.56 Å². The number of anilines is 1. The van der Waals surface area contributed by atoms with Crippen LogP contribution in [0.4, 0.5) is 5.82 Å². The van der Waals surface area contributed by atoms with Crippen molar-refractivity contribution in [1.29, 1.82) is 0 Å². The zero-order chi connectivity index (χ0) is 23.2. The monoisotopic (exact) mass is 441 g/mol. The van der Waals surface area contributed by atoms with Crippen LogP contribution in [0.25, 0.3) is 11.3 Å². The lowest BCUT2D eigenvalue weighted by Gasteiger charge is -2.16. The molecule has 0 radical (unpaired) electrons. The summed E-state index contributed by atoms with van der Waals surface area (Å²) >= 11 is 0. The number of phenols is 1. The average molecular weight is 441 g/mol. The summed E-state index contributed by atoms with van der Waals surface area (Å²) in [4.78, 5) is 21.7. The SMILES string of the molecule is O=C(Cc1ccc(O)cc1)Nc1ncc(-c2ccc(CO)cc2)nc1C(O)c1ccccc1. The third-order valence-electron chi connectivity index (χ3n) is 5.16. The van der Waals surface area contributed by atoms with Crippen LogP contribution in [-0.4, -0.2) is 31.2 Å². The summed E-state index contributed by atoms with van der Waals surface area (Å²) in [6.45, 7) is -0.0596. The molecule has 1 amide bonds. The predicted molar refractivity (Wildman–Crippen MR) is 124 cm³/mol. The number of hydrogen-bond donors (Lipinski definition) is 4. The van der Waals surface area contributed by atoms with E-state index in [9.17, 15) is 20.1 Å². The largest absolute Gasteiger partial charge is 0.508 e. The van der Waals surface area contributed by atoms with Gasteiger partial charge in [-0.15, -0.1) is 0 Å². The molecule has 3 aromatic carbocycles. The molecule has 0 saturated heterocycles. The van der Waals surface area contributed by atoms with Crippen molar-refractivity contribution < 1.29 is 20.1 Å². The average Bonchev–Trinajstić information content (AvgIpc) is 2.86. The summed E-state index contributed by atoms with van der Waals surface area (Å²) in [7, 11) is 0. The van der Waals surface area contributed by atoms with Gasteiger partial charge in [-0.1, -0.05) is 66.7 Å². The van der Waals surface area contributed by atoms with Gasteiger partial charge >= 0.3 is 0 Å². The van der Waals surface area contributed by atoms with Crippen LogP contribution in [0.1, 0.15) is 28.5 Å². The van der Waals surface area contributed by atoms with Crippen LogP contribution in [0.15, 0.2) is 85.1 Å². The third-order valence-corrected chi connectivity index (χ3v) is 5.16. The molecule has 0 fully saturated rings. The second kappa shape index (κ2) is 10.0. The van der Waals surface area contributed by atoms with Gasteiger partial charge in [-0.05, 0) is 28.8 Å². The number of aliphatic hydroxyl groups excluding tert-OH is 2. The number of aromatic hydroxyl groups is 1. The number of benzene rings is 3. The first-order valence-electron chi connectivity index (χ1n) is 10.4. The zero-order valence-electron chi connectivity index (χ0n) is 17.7. The molecule has 0 bridgehead atoms. The molecule has 166 valence electrons. The normalized spacial score (nSPS) is 11.7. The first kappa shape index (κ1) is 22.1. The fourth-order valence-electron chi connectivity index (χ4n) is 3.38. The van der Waals surface area contributed by atoms with Gasteiger partial charge in [0.25, 0.3) is 0 Å². The Morgan fingerprint density at radius 1 is 0.909 bits per heavy atom. The summed E-state index contributed by atoms with van der Waals surface area (Å²) in [5.74, 6) is -0.0247. The number of carbonyl (C=O) groups excluding carboxylic acids is 1. The number of hydrogen-bond acceptors (Lipinski definition) is 6. The summed E-state index contributed by atoms with van der Waals surface area (Å²) < 4.78 is 0. The van der Waals surface area contributed by atoms with E-state index in [2.05, 4.69) is 15.3 Å². The standard InChI is InChI=1S/C26H23N3O4/c30-16-18-6-10-19(11-7-18)22-15-27-26(24(28-22)25(33)20-4-2-1-3-5-20)29-23(32)14-17-8-12-21(31)13-9-17/h1-13,15,25,30-31,33H,14,16H2,(H,27,29,32). The molecule has 4 aromatic rings. The van der Waals surface area contributed by atoms with Crippen LogP contribution in [-0.2, 0) is 17.8 Å². The number of phenolic OH excluding ortho intramolecular Hbond substituents is 1. The molecule has 7 heteroatoms. The van der Waals surface area contributed by atoms with Crippen molar-refractivity contribution in [1.82, 2.24) is 9.97 Å². The lowest BCUT2D eigenvalue weighted by Crippen LogP contribution is -2.19. The molecule has 0 aliphatic carbocycles. The highest BCUT2D eigenvalue weighted by molar-refractivity contribution is 5.92. The van der Waals surface area contributed by atoms with Gasteiger partial charge in [0.05, 0.1) is 24.9 Å². The molecule has 0 aliphatic heterocycles. The smallest absolute Gasteiger partial charge is 0.229 e. The van der Waals surface area contributed by atoms with E-state index < -0.39 is 6.10 Å². The van der Waals surface area contributed by atoms with Crippen LogP contribution >= 0.6 is 0 Å². The van der Waals surface area contributed by atoms with Crippen LogP contribution in [0.5, 0.6) is 5.75 Å². The van der Waals surface area contributed by atoms with Crippen molar-refractivity contribution in [2.24, 2.45) is 0 Å². The van der Waals surface area contributed by atoms with Crippen molar-refractivity contribution in [3.63, 3.8) is 0 Å². The van der Waals surface area contributed by atoms with Gasteiger partial charge in [-0.2, -0.15) is 0 Å². The van der Waals surface area contributed by atoms with Gasteiger partial charge < -0.3 is 20.6 Å². The van der Waals surface area contributed by atoms with Crippen LogP contribution in [0, 0.1) is 0 Å². The molecule has 4 N–H and O–H groups in total. The molecule has 0 spiro atoms. The van der Waals surface area contributed by atoms with Crippen molar-refractivity contribution in [3.05, 3.63) is 107 Å². The van der Waals surface area contributed by atoms with E-state index in [1.807, 2.05) is 30.3 Å². The lowest BCUT2D eigenvalue weighted by atomic mass is 10.0. The van der Waals surface area contributed by atoms with E-state index >= 15 is 0 Å². The zero-order valence-corrected chi connectivity index (χ0v) is 17.7. The van der Waals surface area contributed by atoms with Gasteiger partial charge in [-0.3, -0.25) is 4.79 Å². The van der Waals surface area contributed by atoms with E-state index in [0.29, 0.717) is 11.3 Å². The predicted octanol–water partition coefficient (Wildman–Crippen LogP) is 3.60. The number of rotatable bonds is 7. The Bertz CT molecular complexity index is 1230. The summed E-state index contributed by atoms with van der Waals surface area (Å²) in [6, 6.07) is 22.6. The van der Waals surface area contributed by atoms with Crippen molar-refractivity contribution in [2.75, 3.05) is 5.32 Å². The van der Waals surface area contributed by atoms with Crippen molar-refractivity contribution >= 4 is 11.7 Å². The first-order valence-corrected chi connectivity index (χ1v) is 10.4. The Labute approximate surface area is 191 Å². The molecular weight excluding hydrogens is 418 g/mol.